The number of benzene rings is 1. The van der Waals surface area contributed by atoms with Crippen LogP contribution in [0.3, 0.4) is 0 Å². The molecule has 1 fully saturated rings. The number of hydrogen-bond donors (Lipinski definition) is 1. The highest BCUT2D eigenvalue weighted by Gasteiger charge is 2.24. The average molecular weight is 323 g/mol. The van der Waals surface area contributed by atoms with E-state index < -0.39 is 0 Å². The second-order valence-electron chi connectivity index (χ2n) is 4.95. The lowest BCUT2D eigenvalue weighted by atomic mass is 10.1. The Labute approximate surface area is 119 Å². The lowest BCUT2D eigenvalue weighted by Crippen LogP contribution is -2.45. The predicted octanol–water partition coefficient (Wildman–Crippen LogP) is 2.76. The van der Waals surface area contributed by atoms with Crippen LogP contribution in [-0.4, -0.2) is 29.9 Å². The minimum Gasteiger partial charge on any atom is -0.451 e. The van der Waals surface area contributed by atoms with Gasteiger partial charge >= 0.3 is 0 Å². The van der Waals surface area contributed by atoms with Crippen molar-refractivity contribution in [2.75, 3.05) is 13.1 Å². The van der Waals surface area contributed by atoms with E-state index in [1.807, 2.05) is 18.2 Å². The van der Waals surface area contributed by atoms with Crippen molar-refractivity contribution in [3.8, 4) is 0 Å². The summed E-state index contributed by atoms with van der Waals surface area (Å²) in [6.45, 7) is 1.37. The molecule has 1 aromatic carbocycles. The van der Waals surface area contributed by atoms with E-state index in [4.69, 9.17) is 10.2 Å². The number of likely N-dealkylation sites (tertiary alicyclic amines) is 1. The van der Waals surface area contributed by atoms with Crippen molar-refractivity contribution in [1.29, 1.82) is 0 Å². The van der Waals surface area contributed by atoms with Crippen LogP contribution in [0.4, 0.5) is 0 Å². The van der Waals surface area contributed by atoms with Gasteiger partial charge in [-0.15, -0.1) is 0 Å². The summed E-state index contributed by atoms with van der Waals surface area (Å²) in [7, 11) is 0. The molecule has 2 aromatic rings. The van der Waals surface area contributed by atoms with Crippen LogP contribution in [0.1, 0.15) is 23.4 Å². The van der Waals surface area contributed by atoms with E-state index in [0.717, 1.165) is 34.8 Å². The first-order valence-electron chi connectivity index (χ1n) is 6.37. The molecule has 0 saturated carbocycles. The number of amides is 1. The molecule has 0 aliphatic carbocycles. The van der Waals surface area contributed by atoms with Crippen LogP contribution in [0.15, 0.2) is 33.2 Å². The lowest BCUT2D eigenvalue weighted by molar-refractivity contribution is 0.0679. The Morgan fingerprint density at radius 3 is 3.05 bits per heavy atom. The number of rotatable bonds is 1. The molecule has 1 aliphatic rings. The van der Waals surface area contributed by atoms with Gasteiger partial charge in [-0.05, 0) is 37.1 Å². The summed E-state index contributed by atoms with van der Waals surface area (Å²) in [5.41, 5.74) is 6.63. The maximum Gasteiger partial charge on any atom is 0.289 e. The third kappa shape index (κ3) is 2.53. The zero-order chi connectivity index (χ0) is 13.4. The van der Waals surface area contributed by atoms with Crippen molar-refractivity contribution in [2.24, 2.45) is 5.73 Å². The normalized spacial score (nSPS) is 19.9. The Bertz CT molecular complexity index is 623. The highest BCUT2D eigenvalue weighted by atomic mass is 79.9. The van der Waals surface area contributed by atoms with E-state index in [0.29, 0.717) is 12.3 Å². The molecule has 19 heavy (non-hydrogen) atoms. The first-order valence-corrected chi connectivity index (χ1v) is 7.17. The Morgan fingerprint density at radius 1 is 1.42 bits per heavy atom. The molecule has 3 rings (SSSR count). The van der Waals surface area contributed by atoms with Gasteiger partial charge in [0, 0.05) is 29.0 Å². The van der Waals surface area contributed by atoms with Crippen molar-refractivity contribution >= 4 is 32.8 Å². The quantitative estimate of drug-likeness (QED) is 0.878. The monoisotopic (exact) mass is 322 g/mol. The highest BCUT2D eigenvalue weighted by molar-refractivity contribution is 9.10. The van der Waals surface area contributed by atoms with Crippen LogP contribution in [0, 0.1) is 0 Å². The molecule has 1 aliphatic heterocycles. The van der Waals surface area contributed by atoms with Crippen LogP contribution in [0.2, 0.25) is 0 Å². The lowest BCUT2D eigenvalue weighted by Gasteiger charge is -2.29. The Balaban J connectivity index is 1.88. The molecule has 1 saturated heterocycles. The molecule has 1 aromatic heterocycles. The molecule has 0 radical (unpaired) electrons. The van der Waals surface area contributed by atoms with Gasteiger partial charge in [-0.2, -0.15) is 0 Å². The minimum absolute atomic E-state index is 0.0672. The maximum absolute atomic E-state index is 12.4. The van der Waals surface area contributed by atoms with Crippen LogP contribution in [0.5, 0.6) is 0 Å². The molecular formula is C14H15BrN2O2. The topological polar surface area (TPSA) is 59.5 Å². The van der Waals surface area contributed by atoms with Crippen molar-refractivity contribution in [3.63, 3.8) is 0 Å². The third-order valence-electron chi connectivity index (χ3n) is 3.43. The largest absolute Gasteiger partial charge is 0.451 e. The highest BCUT2D eigenvalue weighted by Crippen LogP contribution is 2.24. The summed E-state index contributed by atoms with van der Waals surface area (Å²) < 4.78 is 6.59. The summed E-state index contributed by atoms with van der Waals surface area (Å²) >= 11 is 3.41. The summed E-state index contributed by atoms with van der Waals surface area (Å²) in [6.07, 6.45) is 1.94. The van der Waals surface area contributed by atoms with Crippen molar-refractivity contribution < 1.29 is 9.21 Å². The van der Waals surface area contributed by atoms with E-state index in [9.17, 15) is 4.79 Å². The second kappa shape index (κ2) is 4.98. The van der Waals surface area contributed by atoms with Gasteiger partial charge in [0.2, 0.25) is 0 Å². The molecule has 0 spiro atoms. The molecule has 2 heterocycles. The minimum atomic E-state index is -0.0672. The number of halogens is 1. The van der Waals surface area contributed by atoms with Gasteiger partial charge in [-0.1, -0.05) is 15.9 Å². The van der Waals surface area contributed by atoms with Gasteiger partial charge in [0.25, 0.3) is 5.91 Å². The van der Waals surface area contributed by atoms with Gasteiger partial charge in [-0.25, -0.2) is 0 Å². The molecule has 1 amide bonds. The van der Waals surface area contributed by atoms with Gasteiger partial charge in [0.1, 0.15) is 5.58 Å². The molecule has 1 atom stereocenters. The predicted molar refractivity (Wildman–Crippen MR) is 77.0 cm³/mol. The Kier molecular flexibility index (Phi) is 3.33. The Morgan fingerprint density at radius 2 is 2.26 bits per heavy atom. The number of carbonyl (C=O) groups is 1. The summed E-state index contributed by atoms with van der Waals surface area (Å²) in [4.78, 5) is 14.1. The first-order chi connectivity index (χ1) is 9.13. The molecule has 4 nitrogen and oxygen atoms in total. The second-order valence-corrected chi connectivity index (χ2v) is 5.86. The number of carbonyl (C=O) groups excluding carboxylic acids is 1. The smallest absolute Gasteiger partial charge is 0.289 e. The third-order valence-corrected chi connectivity index (χ3v) is 3.93. The molecule has 100 valence electrons. The fraction of sp³-hybridized carbons (Fsp3) is 0.357. The van der Waals surface area contributed by atoms with E-state index in [2.05, 4.69) is 15.9 Å². The summed E-state index contributed by atoms with van der Waals surface area (Å²) in [5.74, 6) is 0.324. The van der Waals surface area contributed by atoms with E-state index in [1.54, 1.807) is 11.0 Å². The van der Waals surface area contributed by atoms with E-state index in [-0.39, 0.29) is 11.9 Å². The molecule has 5 heteroatoms. The number of nitrogens with two attached hydrogens (primary N) is 1. The summed E-state index contributed by atoms with van der Waals surface area (Å²) in [6, 6.07) is 7.58. The Hall–Kier alpha value is -1.33. The van der Waals surface area contributed by atoms with Gasteiger partial charge < -0.3 is 15.1 Å². The van der Waals surface area contributed by atoms with Crippen molar-refractivity contribution in [1.82, 2.24) is 4.90 Å². The summed E-state index contributed by atoms with van der Waals surface area (Å²) in [5, 5.41) is 0.930. The van der Waals surface area contributed by atoms with Gasteiger partial charge in [-0.3, -0.25) is 4.79 Å². The standard InChI is InChI=1S/C14H15BrN2O2/c15-10-3-4-12-9(6-10)7-13(19-12)14(18)17-5-1-2-11(16)8-17/h3-4,6-7,11H,1-2,5,8,16H2. The fourth-order valence-electron chi connectivity index (χ4n) is 2.47. The molecule has 2 N–H and O–H groups in total. The molecular weight excluding hydrogens is 308 g/mol. The fourth-order valence-corrected chi connectivity index (χ4v) is 2.85. The first kappa shape index (κ1) is 12.7. The maximum atomic E-state index is 12.4. The number of furan rings is 1. The van der Waals surface area contributed by atoms with Crippen molar-refractivity contribution in [2.45, 2.75) is 18.9 Å². The van der Waals surface area contributed by atoms with E-state index in [1.165, 1.54) is 0 Å². The zero-order valence-electron chi connectivity index (χ0n) is 10.4. The van der Waals surface area contributed by atoms with Crippen LogP contribution >= 0.6 is 15.9 Å². The van der Waals surface area contributed by atoms with E-state index >= 15 is 0 Å². The number of fused-ring (bicyclic) bond motifs is 1. The number of piperidine rings is 1. The van der Waals surface area contributed by atoms with Gasteiger partial charge in [0.15, 0.2) is 5.76 Å². The SMILES string of the molecule is NC1CCCN(C(=O)c2cc3cc(Br)ccc3o2)C1. The average Bonchev–Trinajstić information content (AvgIpc) is 2.80. The van der Waals surface area contributed by atoms with Crippen LogP contribution < -0.4 is 5.73 Å². The zero-order valence-corrected chi connectivity index (χ0v) is 12.0. The van der Waals surface area contributed by atoms with Gasteiger partial charge in [0.05, 0.1) is 0 Å². The molecule has 1 unspecified atom stereocenters. The number of hydrogen-bond acceptors (Lipinski definition) is 3. The number of nitrogens with zero attached hydrogens (tertiary/aromatic N) is 1. The van der Waals surface area contributed by atoms with Crippen LogP contribution in [-0.2, 0) is 0 Å². The van der Waals surface area contributed by atoms with Crippen LogP contribution in [0.25, 0.3) is 11.0 Å². The van der Waals surface area contributed by atoms with Crippen molar-refractivity contribution in [3.05, 3.63) is 34.5 Å². The molecule has 0 bridgehead atoms.